The number of phenolic OH excluding ortho intramolecular Hbond substituents is 1. The number of aromatic hydroxyl groups is 1. The van der Waals surface area contributed by atoms with E-state index in [1.54, 1.807) is 49.6 Å². The number of hydrogen-bond donors (Lipinski definition) is 3. The van der Waals surface area contributed by atoms with Crippen LogP contribution in [-0.4, -0.2) is 80.5 Å². The summed E-state index contributed by atoms with van der Waals surface area (Å²) in [5, 5.41) is 29.2. The van der Waals surface area contributed by atoms with E-state index in [1.165, 1.54) is 33.2 Å². The minimum atomic E-state index is -1.44. The largest absolute Gasteiger partial charge is 0.504 e. The Bertz CT molecular complexity index is 2190. The van der Waals surface area contributed by atoms with Crippen LogP contribution in [0.1, 0.15) is 27.6 Å². The number of aromatic nitrogens is 2. The Labute approximate surface area is 343 Å². The lowest BCUT2D eigenvalue weighted by molar-refractivity contribution is 0.0491. The van der Waals surface area contributed by atoms with E-state index in [0.717, 1.165) is 28.1 Å². The van der Waals surface area contributed by atoms with Crippen LogP contribution in [0.15, 0.2) is 106 Å². The molecule has 0 aliphatic heterocycles. The zero-order valence-electron chi connectivity index (χ0n) is 30.9. The van der Waals surface area contributed by atoms with E-state index in [0.29, 0.717) is 49.1 Å². The summed E-state index contributed by atoms with van der Waals surface area (Å²) in [4.78, 5) is 30.1. The minimum Gasteiger partial charge on any atom is -0.504 e. The lowest BCUT2D eigenvalue weighted by Crippen LogP contribution is -2.30. The van der Waals surface area contributed by atoms with Gasteiger partial charge in [-0.1, -0.05) is 31.1 Å². The van der Waals surface area contributed by atoms with E-state index in [1.807, 2.05) is 42.5 Å². The van der Waals surface area contributed by atoms with Crippen molar-refractivity contribution in [3.8, 4) is 41.1 Å². The number of hydrogen-bond acceptors (Lipinski definition) is 12. The summed E-state index contributed by atoms with van der Waals surface area (Å²) in [7, 11) is 6.07. The van der Waals surface area contributed by atoms with Crippen molar-refractivity contribution in [3.05, 3.63) is 117 Å². The van der Waals surface area contributed by atoms with Crippen LogP contribution in [0.2, 0.25) is 6.82 Å². The van der Waals surface area contributed by atoms with E-state index < -0.39 is 7.12 Å². The molecular weight excluding hydrogens is 850 g/mol. The van der Waals surface area contributed by atoms with Crippen LogP contribution in [0.5, 0.6) is 28.7 Å². The molecule has 56 heavy (non-hydrogen) atoms. The molecule has 0 aliphatic carbocycles. The van der Waals surface area contributed by atoms with Crippen molar-refractivity contribution in [2.45, 2.75) is 13.7 Å². The average molecular weight is 888 g/mol. The number of pyridine rings is 2. The topological polar surface area (TPSA) is 167 Å². The molecule has 16 heteroatoms. The fourth-order valence-electron chi connectivity index (χ4n) is 4.48. The molecule has 0 fully saturated rings. The van der Waals surface area contributed by atoms with Gasteiger partial charge in [-0.15, -0.1) is 12.3 Å². The van der Waals surface area contributed by atoms with Gasteiger partial charge >= 0.3 is 7.12 Å². The zero-order chi connectivity index (χ0) is 41.5. The molecule has 0 amide bonds. The number of ether oxygens (including phenoxy) is 5. The molecule has 2 radical (unpaired) electrons. The molecule has 0 aliphatic rings. The number of carbonyl (C=O) groups excluding carboxylic acids is 2. The Kier molecular flexibility index (Phi) is 21.6. The Hall–Kier alpha value is -5.27. The fourth-order valence-corrected chi connectivity index (χ4v) is 5.31. The quantitative estimate of drug-likeness (QED) is 0.0516. The average Bonchev–Trinajstić information content (AvgIpc) is 3.22. The third-order valence-electron chi connectivity index (χ3n) is 6.84. The lowest BCUT2D eigenvalue weighted by atomic mass is 9.78. The number of terminal acetylenes is 1. The lowest BCUT2D eigenvalue weighted by Gasteiger charge is -2.14. The fraction of sp³-hybridized carbons (Fsp3) is 0.150. The maximum Gasteiger partial charge on any atom is 0.489 e. The van der Waals surface area contributed by atoms with Gasteiger partial charge in [-0.2, -0.15) is 0 Å². The monoisotopic (exact) mass is 886 g/mol. The second kappa shape index (κ2) is 25.7. The molecule has 2 aromatic heterocycles. The maximum atomic E-state index is 11.2. The summed E-state index contributed by atoms with van der Waals surface area (Å²) in [5.74, 6) is 3.95. The predicted molar refractivity (Wildman–Crippen MR) is 225 cm³/mol. The minimum absolute atomic E-state index is 0.0421. The molecule has 0 atom stereocenters. The molecule has 0 saturated heterocycles. The summed E-state index contributed by atoms with van der Waals surface area (Å²) >= 11 is 6.51. The molecule has 6 rings (SSSR count). The number of aldehydes is 2. The third-order valence-corrected chi connectivity index (χ3v) is 8.22. The number of methoxy groups -OCH3 is 2. The molecule has 0 spiro atoms. The summed E-state index contributed by atoms with van der Waals surface area (Å²) in [5.41, 5.74) is 2.92. The standard InChI is InChI=1S/C18H14BrNO4.C9H8BNO2.C9H9BrO4.C3H4.CH3B/c1-22-11-23-17-9-14(19)12(10-21)8-18(17)24-16-6-2-5-15-13(16)4-3-7-20-15;12-10(13)8-4-1-5-9-7(8)3-2-6-11-9;1-13-5-14-9-3-7(10)6(4-11)2-8(9)12;1-3-2;1-2/h2-10H,11H2,1H3;1-6,12-13H;2-4,12H,5H2,1H3;1H,2H3;1H3. The molecule has 4 aromatic carbocycles. The van der Waals surface area contributed by atoms with Gasteiger partial charge in [0.05, 0.1) is 18.9 Å². The van der Waals surface area contributed by atoms with Crippen molar-refractivity contribution >= 4 is 86.7 Å². The van der Waals surface area contributed by atoms with Crippen LogP contribution in [0.4, 0.5) is 0 Å². The second-order valence-electron chi connectivity index (χ2n) is 10.5. The van der Waals surface area contributed by atoms with Gasteiger partial charge in [0.25, 0.3) is 0 Å². The van der Waals surface area contributed by atoms with Crippen molar-refractivity contribution in [1.82, 2.24) is 9.97 Å². The van der Waals surface area contributed by atoms with Crippen molar-refractivity contribution < 1.29 is 48.4 Å². The third kappa shape index (κ3) is 14.1. The molecule has 6 aromatic rings. The Morgan fingerprint density at radius 2 is 1.23 bits per heavy atom. The molecular formula is C40H38B2Br2N2O10. The number of fused-ring (bicyclic) bond motifs is 2. The van der Waals surface area contributed by atoms with Crippen LogP contribution in [-0.2, 0) is 9.47 Å². The van der Waals surface area contributed by atoms with E-state index in [9.17, 15) is 14.7 Å². The molecule has 288 valence electrons. The van der Waals surface area contributed by atoms with Gasteiger partial charge in [0.2, 0.25) is 0 Å². The van der Waals surface area contributed by atoms with E-state index in [-0.39, 0.29) is 25.1 Å². The first-order chi connectivity index (χ1) is 27.1. The Morgan fingerprint density at radius 1 is 0.732 bits per heavy atom. The van der Waals surface area contributed by atoms with Crippen LogP contribution in [0.25, 0.3) is 21.8 Å². The van der Waals surface area contributed by atoms with E-state index in [2.05, 4.69) is 66.8 Å². The van der Waals surface area contributed by atoms with Crippen molar-refractivity contribution in [2.24, 2.45) is 0 Å². The Balaban J connectivity index is 0.000000290. The van der Waals surface area contributed by atoms with Gasteiger partial charge in [-0.3, -0.25) is 19.6 Å². The van der Waals surface area contributed by atoms with Gasteiger partial charge in [-0.05, 0) is 110 Å². The van der Waals surface area contributed by atoms with Crippen LogP contribution < -0.4 is 19.7 Å². The highest BCUT2D eigenvalue weighted by Crippen LogP contribution is 2.38. The summed E-state index contributed by atoms with van der Waals surface area (Å²) in [6.45, 7) is 3.26. The molecule has 0 saturated carbocycles. The molecule has 12 nitrogen and oxygen atoms in total. The molecule has 0 bridgehead atoms. The van der Waals surface area contributed by atoms with E-state index >= 15 is 0 Å². The number of halogens is 2. The normalized spacial score (nSPS) is 9.62. The van der Waals surface area contributed by atoms with E-state index in [4.69, 9.17) is 29.0 Å². The van der Waals surface area contributed by atoms with Gasteiger partial charge in [0.1, 0.15) is 5.75 Å². The van der Waals surface area contributed by atoms with Crippen LogP contribution in [0, 0.1) is 12.3 Å². The van der Waals surface area contributed by atoms with Gasteiger partial charge in [0, 0.05) is 52.1 Å². The van der Waals surface area contributed by atoms with Gasteiger partial charge in [0.15, 0.2) is 49.2 Å². The van der Waals surface area contributed by atoms with Crippen LogP contribution in [0.3, 0.4) is 0 Å². The SMILES string of the molecule is C#CC.COCOc1cc(Br)c(C=O)cc1O.COCOc1cc(Br)c(C=O)cc1Oc1cccc2ncccc12.OB(O)c1cccc2ncccc12.[B]C. The van der Waals surface area contributed by atoms with Crippen molar-refractivity contribution in [3.63, 3.8) is 0 Å². The van der Waals surface area contributed by atoms with Gasteiger partial charge < -0.3 is 38.8 Å². The highest BCUT2D eigenvalue weighted by molar-refractivity contribution is 9.10. The number of benzene rings is 4. The molecule has 0 unspecified atom stereocenters. The first-order valence-corrected chi connectivity index (χ1v) is 17.9. The van der Waals surface area contributed by atoms with Gasteiger partial charge in [-0.25, -0.2) is 0 Å². The summed E-state index contributed by atoms with van der Waals surface area (Å²) in [6.07, 6.45) is 9.39. The number of nitrogens with zero attached hydrogens (tertiary/aromatic N) is 2. The summed E-state index contributed by atoms with van der Waals surface area (Å²) in [6, 6.07) is 24.4. The Morgan fingerprint density at radius 3 is 1.79 bits per heavy atom. The van der Waals surface area contributed by atoms with Crippen molar-refractivity contribution in [1.29, 1.82) is 0 Å². The smallest absolute Gasteiger partial charge is 0.489 e. The first kappa shape index (κ1) is 46.9. The maximum absolute atomic E-state index is 11.2. The molecule has 2 heterocycles. The predicted octanol–water partition coefficient (Wildman–Crippen LogP) is 7.29. The second-order valence-corrected chi connectivity index (χ2v) is 12.2. The zero-order valence-corrected chi connectivity index (χ0v) is 34.1. The number of rotatable bonds is 11. The molecule has 3 N–H and O–H groups in total. The first-order valence-electron chi connectivity index (χ1n) is 16.3. The number of phenols is 1. The summed E-state index contributed by atoms with van der Waals surface area (Å²) < 4.78 is 27.4. The number of carbonyl (C=O) groups is 2. The highest BCUT2D eigenvalue weighted by atomic mass is 79.9. The van der Waals surface area contributed by atoms with Crippen molar-refractivity contribution in [2.75, 3.05) is 27.8 Å². The van der Waals surface area contributed by atoms with Crippen LogP contribution >= 0.6 is 31.9 Å². The highest BCUT2D eigenvalue weighted by Gasteiger charge is 2.15.